The van der Waals surface area contributed by atoms with E-state index in [9.17, 15) is 15.2 Å². The summed E-state index contributed by atoms with van der Waals surface area (Å²) in [5, 5.41) is 27.7. The van der Waals surface area contributed by atoms with Crippen LogP contribution in [0, 0.1) is 17.0 Å². The van der Waals surface area contributed by atoms with E-state index in [1.54, 1.807) is 14.0 Å². The molecular weight excluding hydrogens is 260 g/mol. The van der Waals surface area contributed by atoms with Crippen LogP contribution < -0.4 is 5.32 Å². The topological polar surface area (TPSA) is 93.2 Å². The van der Waals surface area contributed by atoms with Crippen LogP contribution in [0.25, 0.3) is 0 Å². The van der Waals surface area contributed by atoms with E-state index in [0.717, 1.165) is 5.56 Å². The van der Waals surface area contributed by atoms with Gasteiger partial charge in [0, 0.05) is 7.05 Å². The number of hydrogen-bond acceptors (Lipinski definition) is 5. The zero-order valence-electron chi connectivity index (χ0n) is 11.3. The number of aryl methyl sites for hydroxylation is 2. The molecule has 7 heteroatoms. The molecule has 20 heavy (non-hydrogen) atoms. The zero-order chi connectivity index (χ0) is 14.7. The van der Waals surface area contributed by atoms with Crippen molar-refractivity contribution in [1.82, 2.24) is 9.78 Å². The second kappa shape index (κ2) is 5.70. The molecule has 1 unspecified atom stereocenters. The van der Waals surface area contributed by atoms with Crippen LogP contribution >= 0.6 is 0 Å². The van der Waals surface area contributed by atoms with E-state index >= 15 is 0 Å². The molecule has 0 radical (unpaired) electrons. The lowest BCUT2D eigenvalue weighted by Gasteiger charge is -2.17. The lowest BCUT2D eigenvalue weighted by Crippen LogP contribution is -2.17. The summed E-state index contributed by atoms with van der Waals surface area (Å²) in [6, 6.07) is 8.84. The van der Waals surface area contributed by atoms with Crippen molar-refractivity contribution in [3.05, 3.63) is 51.7 Å². The van der Waals surface area contributed by atoms with Crippen molar-refractivity contribution in [3.63, 3.8) is 0 Å². The van der Waals surface area contributed by atoms with Crippen molar-refractivity contribution < 1.29 is 10.0 Å². The van der Waals surface area contributed by atoms with Crippen molar-refractivity contribution >= 4 is 11.5 Å². The quantitative estimate of drug-likeness (QED) is 0.641. The SMILES string of the molecule is Cc1nn(C)c(NC(CO)c2ccccc2)c1[N+](=O)[O-]. The maximum Gasteiger partial charge on any atom is 0.333 e. The van der Waals surface area contributed by atoms with Gasteiger partial charge in [-0.25, -0.2) is 4.68 Å². The van der Waals surface area contributed by atoms with Crippen LogP contribution in [0.5, 0.6) is 0 Å². The summed E-state index contributed by atoms with van der Waals surface area (Å²) in [4.78, 5) is 10.6. The lowest BCUT2D eigenvalue weighted by atomic mass is 10.1. The molecule has 0 aliphatic carbocycles. The van der Waals surface area contributed by atoms with Gasteiger partial charge in [-0.1, -0.05) is 30.3 Å². The van der Waals surface area contributed by atoms with E-state index in [4.69, 9.17) is 0 Å². The molecule has 0 spiro atoms. The van der Waals surface area contributed by atoms with Gasteiger partial charge in [0.2, 0.25) is 5.82 Å². The van der Waals surface area contributed by atoms with Gasteiger partial charge in [0.1, 0.15) is 5.69 Å². The van der Waals surface area contributed by atoms with Crippen molar-refractivity contribution in [1.29, 1.82) is 0 Å². The number of aromatic nitrogens is 2. The normalized spacial score (nSPS) is 12.2. The summed E-state index contributed by atoms with van der Waals surface area (Å²) in [7, 11) is 1.63. The number of aliphatic hydroxyl groups excluding tert-OH is 1. The maximum absolute atomic E-state index is 11.1. The molecule has 1 aromatic heterocycles. The zero-order valence-corrected chi connectivity index (χ0v) is 11.3. The standard InChI is InChI=1S/C13H16N4O3/c1-9-12(17(19)20)13(16(2)15-9)14-11(8-18)10-6-4-3-5-7-10/h3-7,11,14,18H,8H2,1-2H3. The summed E-state index contributed by atoms with van der Waals surface area (Å²) >= 11 is 0. The summed E-state index contributed by atoms with van der Waals surface area (Å²) in [5.74, 6) is 0.287. The van der Waals surface area contributed by atoms with Gasteiger partial charge in [-0.3, -0.25) is 10.1 Å². The monoisotopic (exact) mass is 276 g/mol. The van der Waals surface area contributed by atoms with Crippen LogP contribution in [0.2, 0.25) is 0 Å². The van der Waals surface area contributed by atoms with Crippen molar-refractivity contribution in [2.24, 2.45) is 7.05 Å². The Hall–Kier alpha value is -2.41. The third kappa shape index (κ3) is 2.62. The molecule has 2 N–H and O–H groups in total. The fraction of sp³-hybridized carbons (Fsp3) is 0.308. The molecule has 1 aromatic carbocycles. The maximum atomic E-state index is 11.1. The van der Waals surface area contributed by atoms with Gasteiger partial charge in [-0.2, -0.15) is 5.10 Å². The van der Waals surface area contributed by atoms with Crippen LogP contribution in [0.15, 0.2) is 30.3 Å². The first-order valence-corrected chi connectivity index (χ1v) is 6.15. The fourth-order valence-corrected chi connectivity index (χ4v) is 2.11. The predicted molar refractivity (Wildman–Crippen MR) is 74.5 cm³/mol. The fourth-order valence-electron chi connectivity index (χ4n) is 2.11. The van der Waals surface area contributed by atoms with Gasteiger partial charge in [-0.15, -0.1) is 0 Å². The Balaban J connectivity index is 2.36. The summed E-state index contributed by atoms with van der Waals surface area (Å²) < 4.78 is 1.42. The number of hydrogen-bond donors (Lipinski definition) is 2. The van der Waals surface area contributed by atoms with Crippen molar-refractivity contribution in [2.45, 2.75) is 13.0 Å². The van der Waals surface area contributed by atoms with Gasteiger partial charge in [0.25, 0.3) is 0 Å². The first-order valence-electron chi connectivity index (χ1n) is 6.15. The van der Waals surface area contributed by atoms with Crippen LogP contribution in [0.4, 0.5) is 11.5 Å². The number of nitro groups is 1. The molecule has 0 fully saturated rings. The number of benzene rings is 1. The third-order valence-corrected chi connectivity index (χ3v) is 3.07. The molecule has 0 aliphatic rings. The van der Waals surface area contributed by atoms with E-state index in [1.165, 1.54) is 4.68 Å². The molecule has 106 valence electrons. The van der Waals surface area contributed by atoms with Crippen LogP contribution in [0.1, 0.15) is 17.3 Å². The largest absolute Gasteiger partial charge is 0.394 e. The Labute approximate surface area is 116 Å². The molecule has 0 amide bonds. The Morgan fingerprint density at radius 1 is 1.45 bits per heavy atom. The second-order valence-electron chi connectivity index (χ2n) is 4.45. The van der Waals surface area contributed by atoms with E-state index in [1.807, 2.05) is 30.3 Å². The number of nitrogens with one attached hydrogen (secondary N) is 1. The average molecular weight is 276 g/mol. The summed E-state index contributed by atoms with van der Waals surface area (Å²) in [6.45, 7) is 1.41. The molecule has 2 aromatic rings. The highest BCUT2D eigenvalue weighted by Gasteiger charge is 2.26. The van der Waals surface area contributed by atoms with Crippen LogP contribution in [-0.2, 0) is 7.05 Å². The van der Waals surface area contributed by atoms with E-state index in [-0.39, 0.29) is 18.1 Å². The Morgan fingerprint density at radius 2 is 2.10 bits per heavy atom. The summed E-state index contributed by atoms with van der Waals surface area (Å²) in [5.41, 5.74) is 1.12. The van der Waals surface area contributed by atoms with Gasteiger partial charge in [0.15, 0.2) is 0 Å². The van der Waals surface area contributed by atoms with Gasteiger partial charge >= 0.3 is 5.69 Å². The Kier molecular flexibility index (Phi) is 3.99. The molecular formula is C13H16N4O3. The molecule has 0 bridgehead atoms. The number of anilines is 1. The molecule has 2 rings (SSSR count). The smallest absolute Gasteiger partial charge is 0.333 e. The van der Waals surface area contributed by atoms with Crippen LogP contribution in [0.3, 0.4) is 0 Å². The molecule has 1 heterocycles. The molecule has 0 aliphatic heterocycles. The van der Waals surface area contributed by atoms with Gasteiger partial charge < -0.3 is 10.4 Å². The summed E-state index contributed by atoms with van der Waals surface area (Å²) in [6.07, 6.45) is 0. The van der Waals surface area contributed by atoms with Gasteiger partial charge in [0.05, 0.1) is 17.6 Å². The highest BCUT2D eigenvalue weighted by Crippen LogP contribution is 2.30. The van der Waals surface area contributed by atoms with E-state index < -0.39 is 11.0 Å². The van der Waals surface area contributed by atoms with Crippen LogP contribution in [-0.4, -0.2) is 26.4 Å². The number of nitrogens with zero attached hydrogens (tertiary/aromatic N) is 3. The third-order valence-electron chi connectivity index (χ3n) is 3.07. The number of aliphatic hydroxyl groups is 1. The lowest BCUT2D eigenvalue weighted by molar-refractivity contribution is -0.384. The highest BCUT2D eigenvalue weighted by atomic mass is 16.6. The minimum Gasteiger partial charge on any atom is -0.394 e. The predicted octanol–water partition coefficient (Wildman–Crippen LogP) is 1.78. The second-order valence-corrected chi connectivity index (χ2v) is 4.45. The molecule has 7 nitrogen and oxygen atoms in total. The first kappa shape index (κ1) is 14.0. The Morgan fingerprint density at radius 3 is 2.65 bits per heavy atom. The molecule has 0 saturated carbocycles. The molecule has 0 saturated heterocycles. The highest BCUT2D eigenvalue weighted by molar-refractivity contribution is 5.60. The molecule has 1 atom stereocenters. The van der Waals surface area contributed by atoms with Gasteiger partial charge in [-0.05, 0) is 12.5 Å². The van der Waals surface area contributed by atoms with Crippen molar-refractivity contribution in [3.8, 4) is 0 Å². The van der Waals surface area contributed by atoms with E-state index in [2.05, 4.69) is 10.4 Å². The van der Waals surface area contributed by atoms with E-state index in [0.29, 0.717) is 5.69 Å². The minimum atomic E-state index is -0.468. The number of rotatable bonds is 5. The minimum absolute atomic E-state index is 0.0677. The first-order chi connectivity index (χ1) is 9.54. The Bertz CT molecular complexity index is 610. The average Bonchev–Trinajstić information content (AvgIpc) is 2.71. The van der Waals surface area contributed by atoms with Crippen molar-refractivity contribution in [2.75, 3.05) is 11.9 Å².